The van der Waals surface area contributed by atoms with Gasteiger partial charge in [-0.2, -0.15) is 0 Å². The number of likely N-dealkylation sites (N-methyl/N-ethyl adjacent to an activating group) is 1. The third-order valence-corrected chi connectivity index (χ3v) is 6.86. The molecule has 11 nitrogen and oxygen atoms in total. The number of thiophene rings is 1. The summed E-state index contributed by atoms with van der Waals surface area (Å²) in [6, 6.07) is 13.2. The van der Waals surface area contributed by atoms with Gasteiger partial charge in [-0.05, 0) is 49.4 Å². The molecule has 6 N–H and O–H groups in total. The molecule has 0 aliphatic carbocycles. The first-order valence-corrected chi connectivity index (χ1v) is 12.7. The maximum atomic E-state index is 14.3. The summed E-state index contributed by atoms with van der Waals surface area (Å²) in [6.07, 6.45) is -0.574. The summed E-state index contributed by atoms with van der Waals surface area (Å²) in [6.45, 7) is 0.182. The van der Waals surface area contributed by atoms with Crippen molar-refractivity contribution in [1.82, 2.24) is 10.2 Å². The van der Waals surface area contributed by atoms with Crippen molar-refractivity contribution in [3.8, 4) is 5.75 Å². The fourth-order valence-electron chi connectivity index (χ4n) is 3.76. The molecule has 0 saturated heterocycles. The number of rotatable bonds is 13. The Bertz CT molecular complexity index is 1410. The Morgan fingerprint density at radius 1 is 1.10 bits per heavy atom. The molecule has 0 spiro atoms. The average molecular weight is 571 g/mol. The number of carboxylic acids is 2. The Hall–Kier alpha value is -4.62. The molecule has 0 fully saturated rings. The number of nitrogen functional groups attached to an aromatic ring is 1. The van der Waals surface area contributed by atoms with E-state index in [0.717, 1.165) is 23.0 Å². The molecule has 1 aromatic heterocycles. The number of carboxylic acid groups (broad SMARTS) is 2. The van der Waals surface area contributed by atoms with Crippen molar-refractivity contribution in [1.29, 1.82) is 5.41 Å². The number of nitrogens with two attached hydrogens (primary N) is 1. The Balaban J connectivity index is 1.74. The number of halogens is 1. The predicted octanol–water partition coefficient (Wildman–Crippen LogP) is 2.48. The van der Waals surface area contributed by atoms with Crippen molar-refractivity contribution in [3.05, 3.63) is 87.4 Å². The molecule has 2 aromatic carbocycles. The number of carbonyl (C=O) groups excluding carboxylic acids is 2. The number of esters is 1. The van der Waals surface area contributed by atoms with Crippen LogP contribution in [0.3, 0.4) is 0 Å². The first-order chi connectivity index (χ1) is 18.9. The number of amidine groups is 1. The second-order valence-corrected chi connectivity index (χ2v) is 10.0. The molecular weight excluding hydrogens is 543 g/mol. The van der Waals surface area contributed by atoms with Crippen molar-refractivity contribution in [2.24, 2.45) is 5.73 Å². The summed E-state index contributed by atoms with van der Waals surface area (Å²) in [7, 11) is 1.64. The van der Waals surface area contributed by atoms with Crippen LogP contribution in [0.2, 0.25) is 0 Å². The zero-order valence-corrected chi connectivity index (χ0v) is 22.1. The van der Waals surface area contributed by atoms with Crippen LogP contribution >= 0.6 is 11.3 Å². The summed E-state index contributed by atoms with van der Waals surface area (Å²) in [5, 5.41) is 28.1. The fraction of sp³-hybridized carbons (Fsp3) is 0.222. The van der Waals surface area contributed by atoms with E-state index in [-0.39, 0.29) is 35.0 Å². The SMILES string of the molecule is CN(Cc1ccc(C(=O)Oc2ccc(C(=N)N)cc2F)s1)[C@@H](Cc1ccccc1)C(=O)N[C@@H](CC(=O)O)C(=O)O. The topological polar surface area (TPSA) is 183 Å². The van der Waals surface area contributed by atoms with E-state index in [9.17, 15) is 28.7 Å². The summed E-state index contributed by atoms with van der Waals surface area (Å²) >= 11 is 1.07. The molecule has 2 atom stereocenters. The molecule has 1 heterocycles. The maximum absolute atomic E-state index is 14.3. The molecule has 3 rings (SSSR count). The average Bonchev–Trinajstić information content (AvgIpc) is 3.36. The van der Waals surface area contributed by atoms with E-state index in [0.29, 0.717) is 4.88 Å². The largest absolute Gasteiger partial charge is 0.481 e. The highest BCUT2D eigenvalue weighted by atomic mass is 32.1. The number of aliphatic carboxylic acids is 2. The zero-order valence-electron chi connectivity index (χ0n) is 21.3. The predicted molar refractivity (Wildman–Crippen MR) is 144 cm³/mol. The lowest BCUT2D eigenvalue weighted by Crippen LogP contribution is -2.51. The number of hydrogen-bond acceptors (Lipinski definition) is 8. The van der Waals surface area contributed by atoms with E-state index < -0.39 is 48.1 Å². The molecule has 40 heavy (non-hydrogen) atoms. The summed E-state index contributed by atoms with van der Waals surface area (Å²) in [5.41, 5.74) is 6.28. The number of nitrogens with one attached hydrogen (secondary N) is 2. The van der Waals surface area contributed by atoms with Crippen LogP contribution in [0.4, 0.5) is 4.39 Å². The molecule has 0 saturated carbocycles. The monoisotopic (exact) mass is 570 g/mol. The number of benzene rings is 2. The van der Waals surface area contributed by atoms with Crippen molar-refractivity contribution >= 4 is 41.0 Å². The van der Waals surface area contributed by atoms with Crippen LogP contribution in [0, 0.1) is 11.2 Å². The lowest BCUT2D eigenvalue weighted by molar-refractivity contribution is -0.147. The minimum absolute atomic E-state index is 0.144. The quantitative estimate of drug-likeness (QED) is 0.0892. The van der Waals surface area contributed by atoms with Crippen LogP contribution in [0.5, 0.6) is 5.75 Å². The van der Waals surface area contributed by atoms with Crippen LogP contribution in [0.25, 0.3) is 0 Å². The number of carbonyl (C=O) groups is 4. The van der Waals surface area contributed by atoms with E-state index in [4.69, 9.17) is 21.0 Å². The normalized spacial score (nSPS) is 12.4. The molecular formula is C27H27FN4O7S. The summed E-state index contributed by atoms with van der Waals surface area (Å²) in [4.78, 5) is 50.8. The molecule has 0 radical (unpaired) electrons. The van der Waals surface area contributed by atoms with Gasteiger partial charge in [-0.3, -0.25) is 19.9 Å². The third-order valence-electron chi connectivity index (χ3n) is 5.81. The maximum Gasteiger partial charge on any atom is 0.353 e. The van der Waals surface area contributed by atoms with E-state index in [2.05, 4.69) is 5.32 Å². The highest BCUT2D eigenvalue weighted by Crippen LogP contribution is 2.24. The van der Waals surface area contributed by atoms with Crippen molar-refractivity contribution < 1.29 is 38.5 Å². The Morgan fingerprint density at radius 3 is 2.40 bits per heavy atom. The molecule has 0 unspecified atom stereocenters. The first kappa shape index (κ1) is 29.9. The first-order valence-electron chi connectivity index (χ1n) is 11.9. The van der Waals surface area contributed by atoms with Gasteiger partial charge in [0.25, 0.3) is 0 Å². The smallest absolute Gasteiger partial charge is 0.353 e. The molecule has 13 heteroatoms. The van der Waals surface area contributed by atoms with Gasteiger partial charge in [0.2, 0.25) is 5.91 Å². The van der Waals surface area contributed by atoms with Gasteiger partial charge in [-0.1, -0.05) is 30.3 Å². The molecule has 1 amide bonds. The van der Waals surface area contributed by atoms with Gasteiger partial charge in [0, 0.05) is 17.0 Å². The second-order valence-electron chi connectivity index (χ2n) is 8.83. The number of amides is 1. The van der Waals surface area contributed by atoms with Gasteiger partial charge in [-0.25, -0.2) is 14.0 Å². The van der Waals surface area contributed by atoms with E-state index >= 15 is 0 Å². The molecule has 3 aromatic rings. The van der Waals surface area contributed by atoms with Gasteiger partial charge in [0.05, 0.1) is 12.5 Å². The summed E-state index contributed by atoms with van der Waals surface area (Å²) in [5.74, 6) is -5.81. The lowest BCUT2D eigenvalue weighted by Gasteiger charge is -2.28. The standard InChI is InChI=1S/C27H27FN4O7S/c1-32(20(11-15-5-3-2-4-6-15)25(35)31-19(26(36)37)13-23(33)34)14-17-8-10-22(40-17)27(38)39-21-9-7-16(24(29)30)12-18(21)28/h2-10,12,19-20H,11,13-14H2,1H3,(H3,29,30)(H,31,35)(H,33,34)(H,36,37)/t19-,20-/m0/s1. The zero-order chi connectivity index (χ0) is 29.4. The summed E-state index contributed by atoms with van der Waals surface area (Å²) < 4.78 is 19.4. The highest BCUT2D eigenvalue weighted by molar-refractivity contribution is 7.13. The van der Waals surface area contributed by atoms with Crippen molar-refractivity contribution in [2.45, 2.75) is 31.5 Å². The number of nitrogens with zero attached hydrogens (tertiary/aromatic N) is 1. The van der Waals surface area contributed by atoms with Crippen LogP contribution in [-0.2, 0) is 27.3 Å². The number of ether oxygens (including phenoxy) is 1. The minimum atomic E-state index is -1.61. The minimum Gasteiger partial charge on any atom is -0.481 e. The Labute approximate surface area is 232 Å². The molecule has 0 aliphatic heterocycles. The number of hydrogen-bond donors (Lipinski definition) is 5. The van der Waals surface area contributed by atoms with E-state index in [1.165, 1.54) is 18.2 Å². The van der Waals surface area contributed by atoms with Crippen LogP contribution in [0.15, 0.2) is 60.7 Å². The Morgan fingerprint density at radius 2 is 1.80 bits per heavy atom. The van der Waals surface area contributed by atoms with Crippen molar-refractivity contribution in [2.75, 3.05) is 7.05 Å². The highest BCUT2D eigenvalue weighted by Gasteiger charge is 2.30. The van der Waals surface area contributed by atoms with Gasteiger partial charge >= 0.3 is 17.9 Å². The third kappa shape index (κ3) is 8.19. The van der Waals surface area contributed by atoms with Crippen LogP contribution in [-0.4, -0.2) is 63.9 Å². The van der Waals surface area contributed by atoms with Crippen LogP contribution < -0.4 is 15.8 Å². The van der Waals surface area contributed by atoms with Gasteiger partial charge in [0.1, 0.15) is 16.8 Å². The molecule has 0 bridgehead atoms. The fourth-order valence-corrected chi connectivity index (χ4v) is 4.71. The van der Waals surface area contributed by atoms with Gasteiger partial charge in [0.15, 0.2) is 11.6 Å². The Kier molecular flexibility index (Phi) is 10.1. The van der Waals surface area contributed by atoms with E-state index in [1.54, 1.807) is 42.3 Å². The van der Waals surface area contributed by atoms with Gasteiger partial charge in [-0.15, -0.1) is 11.3 Å². The van der Waals surface area contributed by atoms with Gasteiger partial charge < -0.3 is 26.0 Å². The lowest BCUT2D eigenvalue weighted by atomic mass is 10.0. The van der Waals surface area contributed by atoms with Crippen molar-refractivity contribution in [3.63, 3.8) is 0 Å². The second kappa shape index (κ2) is 13.4. The molecule has 210 valence electrons. The van der Waals surface area contributed by atoms with E-state index in [1.807, 2.05) is 6.07 Å². The van der Waals surface area contributed by atoms with Crippen LogP contribution in [0.1, 0.15) is 32.1 Å². The molecule has 0 aliphatic rings.